The predicted octanol–water partition coefficient (Wildman–Crippen LogP) is 2.34. The lowest BCUT2D eigenvalue weighted by molar-refractivity contribution is -0.125. The lowest BCUT2D eigenvalue weighted by Crippen LogP contribution is -2.49. The maximum Gasteiger partial charge on any atom is 0.410 e. The highest BCUT2D eigenvalue weighted by Crippen LogP contribution is 2.21. The molecule has 0 saturated carbocycles. The fraction of sp³-hybridized carbons (Fsp3) is 0.304. The van der Waals surface area contributed by atoms with Crippen LogP contribution in [0.5, 0.6) is 0 Å². The van der Waals surface area contributed by atoms with Gasteiger partial charge in [0.1, 0.15) is 18.7 Å². The third-order valence-electron chi connectivity index (χ3n) is 5.09. The van der Waals surface area contributed by atoms with E-state index in [4.69, 9.17) is 15.7 Å². The first-order chi connectivity index (χ1) is 15.0. The summed E-state index contributed by atoms with van der Waals surface area (Å²) in [6.07, 6.45) is 0.236. The van der Waals surface area contributed by atoms with Gasteiger partial charge in [-0.15, -0.1) is 0 Å². The molecule has 2 atom stereocenters. The predicted molar refractivity (Wildman–Crippen MR) is 113 cm³/mol. The molecule has 2 aromatic rings. The van der Waals surface area contributed by atoms with Crippen molar-refractivity contribution in [3.63, 3.8) is 0 Å². The molecular formula is C23H24N4O4. The van der Waals surface area contributed by atoms with Crippen molar-refractivity contribution in [2.24, 2.45) is 5.73 Å². The number of rotatable bonds is 7. The Hall–Kier alpha value is -3.86. The Morgan fingerprint density at radius 2 is 1.81 bits per heavy atom. The SMILES string of the molecule is N#C[C@H](CC(N)=O)NC(=O)[C@@H]1CCCN1C(=O)OCc1ccc(-c2ccccc2)cc1. The van der Waals surface area contributed by atoms with Gasteiger partial charge in [0.05, 0.1) is 12.5 Å². The van der Waals surface area contributed by atoms with E-state index in [0.29, 0.717) is 19.4 Å². The molecule has 1 fully saturated rings. The monoisotopic (exact) mass is 420 g/mol. The molecule has 0 aromatic heterocycles. The summed E-state index contributed by atoms with van der Waals surface area (Å²) in [5, 5.41) is 11.5. The summed E-state index contributed by atoms with van der Waals surface area (Å²) in [4.78, 5) is 37.4. The Morgan fingerprint density at radius 1 is 1.13 bits per heavy atom. The first-order valence-electron chi connectivity index (χ1n) is 10.0. The molecule has 3 rings (SSSR count). The van der Waals surface area contributed by atoms with Crippen LogP contribution in [-0.4, -0.2) is 41.4 Å². The van der Waals surface area contributed by atoms with E-state index in [-0.39, 0.29) is 13.0 Å². The Labute approximate surface area is 180 Å². The van der Waals surface area contributed by atoms with Crippen LogP contribution in [0.15, 0.2) is 54.6 Å². The van der Waals surface area contributed by atoms with Crippen LogP contribution in [0.2, 0.25) is 0 Å². The molecule has 31 heavy (non-hydrogen) atoms. The van der Waals surface area contributed by atoms with Gasteiger partial charge in [-0.05, 0) is 29.5 Å². The van der Waals surface area contributed by atoms with Crippen LogP contribution in [0.1, 0.15) is 24.8 Å². The van der Waals surface area contributed by atoms with Crippen LogP contribution in [0.25, 0.3) is 11.1 Å². The van der Waals surface area contributed by atoms with Crippen molar-refractivity contribution in [1.29, 1.82) is 5.26 Å². The van der Waals surface area contributed by atoms with Crippen molar-refractivity contribution in [2.45, 2.75) is 38.0 Å². The molecule has 1 saturated heterocycles. The zero-order valence-electron chi connectivity index (χ0n) is 17.0. The third kappa shape index (κ3) is 5.82. The van der Waals surface area contributed by atoms with Gasteiger partial charge in [-0.1, -0.05) is 54.6 Å². The summed E-state index contributed by atoms with van der Waals surface area (Å²) >= 11 is 0. The van der Waals surface area contributed by atoms with Gasteiger partial charge in [0, 0.05) is 6.54 Å². The Kier molecular flexibility index (Phi) is 7.22. The molecule has 0 unspecified atom stereocenters. The van der Waals surface area contributed by atoms with Crippen molar-refractivity contribution < 1.29 is 19.1 Å². The molecular weight excluding hydrogens is 396 g/mol. The van der Waals surface area contributed by atoms with E-state index in [0.717, 1.165) is 16.7 Å². The molecule has 8 heteroatoms. The number of hydrogen-bond donors (Lipinski definition) is 2. The molecule has 1 heterocycles. The Balaban J connectivity index is 1.55. The van der Waals surface area contributed by atoms with Crippen LogP contribution in [0.3, 0.4) is 0 Å². The maximum absolute atomic E-state index is 12.5. The number of nitrogens with zero attached hydrogens (tertiary/aromatic N) is 2. The second-order valence-electron chi connectivity index (χ2n) is 7.33. The van der Waals surface area contributed by atoms with Crippen LogP contribution in [-0.2, 0) is 20.9 Å². The third-order valence-corrected chi connectivity index (χ3v) is 5.09. The standard InChI is InChI=1S/C23H24N4O4/c24-14-19(13-21(25)28)26-22(29)20-7-4-12-27(20)23(30)31-15-16-8-10-18(11-9-16)17-5-2-1-3-6-17/h1-3,5-6,8-11,19-20H,4,7,12-13,15H2,(H2,25,28)(H,26,29)/t19-,20-/m0/s1. The van der Waals surface area contributed by atoms with E-state index in [1.165, 1.54) is 4.90 Å². The van der Waals surface area contributed by atoms with Gasteiger partial charge >= 0.3 is 6.09 Å². The molecule has 1 aliphatic rings. The number of nitrogens with two attached hydrogens (primary N) is 1. The van der Waals surface area contributed by atoms with Gasteiger partial charge < -0.3 is 15.8 Å². The molecule has 160 valence electrons. The number of amides is 3. The number of likely N-dealkylation sites (tertiary alicyclic amines) is 1. The van der Waals surface area contributed by atoms with Gasteiger partial charge in [-0.2, -0.15) is 5.26 Å². The van der Waals surface area contributed by atoms with Crippen LogP contribution >= 0.6 is 0 Å². The van der Waals surface area contributed by atoms with Gasteiger partial charge in [0.2, 0.25) is 11.8 Å². The topological polar surface area (TPSA) is 126 Å². The number of nitrogens with one attached hydrogen (secondary N) is 1. The number of carbonyl (C=O) groups excluding carboxylic acids is 3. The van der Waals surface area contributed by atoms with Crippen molar-refractivity contribution >= 4 is 17.9 Å². The molecule has 0 radical (unpaired) electrons. The smallest absolute Gasteiger partial charge is 0.410 e. The number of ether oxygens (including phenoxy) is 1. The largest absolute Gasteiger partial charge is 0.445 e. The van der Waals surface area contributed by atoms with E-state index in [2.05, 4.69) is 5.32 Å². The fourth-order valence-corrected chi connectivity index (χ4v) is 3.51. The molecule has 0 aliphatic carbocycles. The minimum atomic E-state index is -1.02. The molecule has 8 nitrogen and oxygen atoms in total. The minimum absolute atomic E-state index is 0.0846. The number of carbonyl (C=O) groups is 3. The van der Waals surface area contributed by atoms with Gasteiger partial charge in [-0.3, -0.25) is 14.5 Å². The second kappa shape index (κ2) is 10.3. The molecule has 1 aliphatic heterocycles. The first kappa shape index (κ1) is 21.8. The molecule has 2 aromatic carbocycles. The van der Waals surface area contributed by atoms with Crippen LogP contribution < -0.4 is 11.1 Å². The van der Waals surface area contributed by atoms with E-state index >= 15 is 0 Å². The zero-order chi connectivity index (χ0) is 22.2. The van der Waals surface area contributed by atoms with Crippen molar-refractivity contribution in [1.82, 2.24) is 10.2 Å². The van der Waals surface area contributed by atoms with Crippen molar-refractivity contribution in [3.05, 3.63) is 60.2 Å². The summed E-state index contributed by atoms with van der Waals surface area (Å²) in [7, 11) is 0. The van der Waals surface area contributed by atoms with E-state index in [1.54, 1.807) is 0 Å². The van der Waals surface area contributed by atoms with E-state index < -0.39 is 30.0 Å². The van der Waals surface area contributed by atoms with Gasteiger partial charge in [0.15, 0.2) is 0 Å². The lowest BCUT2D eigenvalue weighted by Gasteiger charge is -2.24. The number of hydrogen-bond acceptors (Lipinski definition) is 5. The summed E-state index contributed by atoms with van der Waals surface area (Å²) < 4.78 is 5.40. The molecule has 3 N–H and O–H groups in total. The highest BCUT2D eigenvalue weighted by Gasteiger charge is 2.36. The lowest BCUT2D eigenvalue weighted by atomic mass is 10.0. The van der Waals surface area contributed by atoms with Crippen LogP contribution in [0.4, 0.5) is 4.79 Å². The fourth-order valence-electron chi connectivity index (χ4n) is 3.51. The van der Waals surface area contributed by atoms with Crippen molar-refractivity contribution in [2.75, 3.05) is 6.54 Å². The average Bonchev–Trinajstić information content (AvgIpc) is 3.28. The summed E-state index contributed by atoms with van der Waals surface area (Å²) in [5.74, 6) is -1.18. The van der Waals surface area contributed by atoms with Crippen molar-refractivity contribution in [3.8, 4) is 17.2 Å². The highest BCUT2D eigenvalue weighted by molar-refractivity contribution is 5.87. The number of benzene rings is 2. The average molecular weight is 420 g/mol. The second-order valence-corrected chi connectivity index (χ2v) is 7.33. The molecule has 3 amide bonds. The first-order valence-corrected chi connectivity index (χ1v) is 10.0. The van der Waals surface area contributed by atoms with Gasteiger partial charge in [0.25, 0.3) is 0 Å². The summed E-state index contributed by atoms with van der Waals surface area (Å²) in [5.41, 5.74) is 8.08. The highest BCUT2D eigenvalue weighted by atomic mass is 16.6. The maximum atomic E-state index is 12.5. The Bertz CT molecular complexity index is 969. The normalized spacial score (nSPS) is 16.2. The summed E-state index contributed by atoms with van der Waals surface area (Å²) in [6.45, 7) is 0.470. The Morgan fingerprint density at radius 3 is 2.45 bits per heavy atom. The van der Waals surface area contributed by atoms with Gasteiger partial charge in [-0.25, -0.2) is 4.79 Å². The quantitative estimate of drug-likeness (QED) is 0.711. The van der Waals surface area contributed by atoms with E-state index in [1.807, 2.05) is 60.7 Å². The van der Waals surface area contributed by atoms with Crippen LogP contribution in [0, 0.1) is 11.3 Å². The van der Waals surface area contributed by atoms with E-state index in [9.17, 15) is 14.4 Å². The minimum Gasteiger partial charge on any atom is -0.445 e. The molecule has 0 bridgehead atoms. The summed E-state index contributed by atoms with van der Waals surface area (Å²) in [6, 6.07) is 17.7. The zero-order valence-corrected chi connectivity index (χ0v) is 17.0. The number of primary amides is 1. The number of nitriles is 1. The molecule has 0 spiro atoms.